The molecule has 0 saturated carbocycles. The number of piperidine rings is 1. The molecule has 2 aliphatic heterocycles. The van der Waals surface area contributed by atoms with Crippen LogP contribution in [0.3, 0.4) is 0 Å². The highest BCUT2D eigenvalue weighted by Crippen LogP contribution is 2.36. The molecule has 3 heterocycles. The number of rotatable bonds is 5. The van der Waals surface area contributed by atoms with Crippen molar-refractivity contribution in [2.75, 3.05) is 32.8 Å². The van der Waals surface area contributed by atoms with Gasteiger partial charge in [0.05, 0.1) is 18.5 Å². The van der Waals surface area contributed by atoms with Crippen molar-refractivity contribution < 1.29 is 14.3 Å². The second-order valence-corrected chi connectivity index (χ2v) is 8.64. The number of likely N-dealkylation sites (tertiary alicyclic amines) is 2. The molecule has 164 valence electrons. The van der Waals surface area contributed by atoms with E-state index in [1.807, 2.05) is 47.1 Å². The van der Waals surface area contributed by atoms with Crippen molar-refractivity contribution in [2.24, 2.45) is 17.8 Å². The molecule has 1 aromatic carbocycles. The number of carbonyl (C=O) groups is 2. The van der Waals surface area contributed by atoms with Crippen LogP contribution in [-0.4, -0.2) is 64.4 Å². The minimum Gasteiger partial charge on any atom is -0.493 e. The van der Waals surface area contributed by atoms with E-state index >= 15 is 0 Å². The number of carbonyl (C=O) groups excluding carboxylic acids is 2. The molecule has 0 bridgehead atoms. The zero-order chi connectivity index (χ0) is 21.8. The minimum atomic E-state index is -0.0494. The summed E-state index contributed by atoms with van der Waals surface area (Å²) >= 11 is 0. The van der Waals surface area contributed by atoms with Gasteiger partial charge in [0.2, 0.25) is 5.91 Å². The lowest BCUT2D eigenvalue weighted by atomic mass is 9.78. The van der Waals surface area contributed by atoms with Crippen LogP contribution in [-0.2, 0) is 4.79 Å². The van der Waals surface area contributed by atoms with Crippen molar-refractivity contribution in [2.45, 2.75) is 26.7 Å². The molecule has 7 heteroatoms. The number of amides is 2. The van der Waals surface area contributed by atoms with Crippen molar-refractivity contribution in [3.05, 3.63) is 54.1 Å². The van der Waals surface area contributed by atoms with Crippen molar-refractivity contribution in [1.29, 1.82) is 0 Å². The van der Waals surface area contributed by atoms with E-state index in [0.29, 0.717) is 43.1 Å². The van der Waals surface area contributed by atoms with Gasteiger partial charge in [0.25, 0.3) is 5.91 Å². The van der Waals surface area contributed by atoms with Gasteiger partial charge in [-0.15, -0.1) is 0 Å². The van der Waals surface area contributed by atoms with Crippen LogP contribution in [0.2, 0.25) is 0 Å². The largest absolute Gasteiger partial charge is 0.493 e. The number of aryl methyl sites for hydroxylation is 1. The van der Waals surface area contributed by atoms with E-state index in [9.17, 15) is 9.59 Å². The maximum atomic E-state index is 12.8. The van der Waals surface area contributed by atoms with Crippen LogP contribution in [0.1, 0.15) is 35.9 Å². The highest BCUT2D eigenvalue weighted by molar-refractivity contribution is 5.92. The number of hydrogen-bond donors (Lipinski definition) is 0. The Labute approximate surface area is 183 Å². The topological polar surface area (TPSA) is 75.6 Å². The van der Waals surface area contributed by atoms with Crippen LogP contribution in [0, 0.1) is 24.7 Å². The van der Waals surface area contributed by atoms with Gasteiger partial charge in [0.15, 0.2) is 0 Å². The first kappa shape index (κ1) is 21.3. The molecular formula is C24H30N4O3. The molecule has 0 N–H and O–H groups in total. The van der Waals surface area contributed by atoms with Crippen LogP contribution >= 0.6 is 0 Å². The summed E-state index contributed by atoms with van der Waals surface area (Å²) in [6, 6.07) is 9.83. The fourth-order valence-corrected chi connectivity index (χ4v) is 4.78. The number of benzene rings is 1. The smallest absolute Gasteiger partial charge is 0.274 e. The highest BCUT2D eigenvalue weighted by Gasteiger charge is 2.40. The van der Waals surface area contributed by atoms with E-state index in [4.69, 9.17) is 4.74 Å². The lowest BCUT2D eigenvalue weighted by Crippen LogP contribution is -2.42. The molecule has 4 rings (SSSR count). The third-order valence-corrected chi connectivity index (χ3v) is 6.58. The lowest BCUT2D eigenvalue weighted by molar-refractivity contribution is -0.128. The summed E-state index contributed by atoms with van der Waals surface area (Å²) in [7, 11) is 0. The monoisotopic (exact) mass is 422 g/mol. The molecule has 31 heavy (non-hydrogen) atoms. The zero-order valence-electron chi connectivity index (χ0n) is 18.2. The second kappa shape index (κ2) is 9.45. The standard InChI is InChI=1S/C24H30N4O3/c1-17-12-26-23(13-25-17)24(30)27-10-8-19(9-11-27)22-15-28(18(2)29)14-20(22)16-31-21-6-4-3-5-7-21/h3-7,12-13,19-20,22H,8-11,14-16H2,1-2H3/t20-,22-/m0/s1. The summed E-state index contributed by atoms with van der Waals surface area (Å²) < 4.78 is 6.05. The molecule has 2 aromatic rings. The Morgan fingerprint density at radius 1 is 1.03 bits per heavy atom. The summed E-state index contributed by atoms with van der Waals surface area (Å²) in [5, 5.41) is 0. The molecule has 7 nitrogen and oxygen atoms in total. The van der Waals surface area contributed by atoms with Gasteiger partial charge >= 0.3 is 0 Å². The summed E-state index contributed by atoms with van der Waals surface area (Å²) in [5.74, 6) is 2.11. The zero-order valence-corrected chi connectivity index (χ0v) is 18.2. The van der Waals surface area contributed by atoms with E-state index in [-0.39, 0.29) is 11.8 Å². The van der Waals surface area contributed by atoms with Crippen molar-refractivity contribution >= 4 is 11.8 Å². The molecule has 1 aromatic heterocycles. The van der Waals surface area contributed by atoms with Crippen molar-refractivity contribution in [3.8, 4) is 5.75 Å². The third kappa shape index (κ3) is 5.03. The molecule has 2 fully saturated rings. The van der Waals surface area contributed by atoms with Gasteiger partial charge in [-0.3, -0.25) is 14.6 Å². The SMILES string of the molecule is CC(=O)N1C[C@@H](COc2ccccc2)[C@H](C2CCN(C(=O)c3cnc(C)cn3)CC2)C1. The average Bonchev–Trinajstić information content (AvgIpc) is 3.23. The fourth-order valence-electron chi connectivity index (χ4n) is 4.78. The molecule has 2 amide bonds. The lowest BCUT2D eigenvalue weighted by Gasteiger charge is -2.36. The first-order chi connectivity index (χ1) is 15.0. The number of ether oxygens (including phenoxy) is 1. The minimum absolute atomic E-state index is 0.0494. The quantitative estimate of drug-likeness (QED) is 0.741. The predicted molar refractivity (Wildman–Crippen MR) is 117 cm³/mol. The Bertz CT molecular complexity index is 895. The van der Waals surface area contributed by atoms with Crippen LogP contribution in [0.25, 0.3) is 0 Å². The van der Waals surface area contributed by atoms with E-state index in [1.165, 1.54) is 0 Å². The van der Waals surface area contributed by atoms with E-state index in [1.54, 1.807) is 19.3 Å². The molecule has 2 atom stereocenters. The summed E-state index contributed by atoms with van der Waals surface area (Å²) in [4.78, 5) is 37.0. The first-order valence-corrected chi connectivity index (χ1v) is 11.0. The molecule has 0 spiro atoms. The summed E-state index contributed by atoms with van der Waals surface area (Å²) in [5.41, 5.74) is 1.21. The predicted octanol–water partition coefficient (Wildman–Crippen LogP) is 2.81. The fraction of sp³-hybridized carbons (Fsp3) is 0.500. The maximum Gasteiger partial charge on any atom is 0.274 e. The molecule has 2 saturated heterocycles. The van der Waals surface area contributed by atoms with Gasteiger partial charge in [-0.2, -0.15) is 0 Å². The Hall–Kier alpha value is -2.96. The van der Waals surface area contributed by atoms with Gasteiger partial charge in [0.1, 0.15) is 11.4 Å². The van der Waals surface area contributed by atoms with Gasteiger partial charge in [-0.05, 0) is 43.7 Å². The molecule has 0 unspecified atom stereocenters. The summed E-state index contributed by atoms with van der Waals surface area (Å²) in [6.07, 6.45) is 5.06. The van der Waals surface area contributed by atoms with Crippen LogP contribution in [0.5, 0.6) is 5.75 Å². The number of hydrogen-bond acceptors (Lipinski definition) is 5. The van der Waals surface area contributed by atoms with Gasteiger partial charge in [-0.1, -0.05) is 18.2 Å². The van der Waals surface area contributed by atoms with Crippen LogP contribution < -0.4 is 4.74 Å². The Morgan fingerprint density at radius 2 is 1.77 bits per heavy atom. The van der Waals surface area contributed by atoms with E-state index < -0.39 is 0 Å². The van der Waals surface area contributed by atoms with Gasteiger partial charge in [-0.25, -0.2) is 4.98 Å². The van der Waals surface area contributed by atoms with Crippen molar-refractivity contribution in [3.63, 3.8) is 0 Å². The average molecular weight is 423 g/mol. The third-order valence-electron chi connectivity index (χ3n) is 6.58. The summed E-state index contributed by atoms with van der Waals surface area (Å²) in [6.45, 7) is 7.05. The van der Waals surface area contributed by atoms with E-state index in [2.05, 4.69) is 9.97 Å². The molecule has 0 radical (unpaired) electrons. The number of nitrogens with zero attached hydrogens (tertiary/aromatic N) is 4. The van der Waals surface area contributed by atoms with Gasteiger partial charge < -0.3 is 14.5 Å². The highest BCUT2D eigenvalue weighted by atomic mass is 16.5. The molecule has 0 aliphatic carbocycles. The normalized spacial score (nSPS) is 21.9. The Morgan fingerprint density at radius 3 is 2.42 bits per heavy atom. The molecule has 2 aliphatic rings. The maximum absolute atomic E-state index is 12.8. The van der Waals surface area contributed by atoms with Crippen LogP contribution in [0.4, 0.5) is 0 Å². The van der Waals surface area contributed by atoms with Crippen LogP contribution in [0.15, 0.2) is 42.7 Å². The van der Waals surface area contributed by atoms with Gasteiger partial charge in [0, 0.05) is 45.2 Å². The second-order valence-electron chi connectivity index (χ2n) is 8.64. The number of para-hydroxylation sites is 1. The van der Waals surface area contributed by atoms with E-state index in [0.717, 1.165) is 37.4 Å². The molecular weight excluding hydrogens is 392 g/mol. The Kier molecular flexibility index (Phi) is 6.49. The first-order valence-electron chi connectivity index (χ1n) is 11.0. The Balaban J connectivity index is 1.37. The number of aromatic nitrogens is 2. The van der Waals surface area contributed by atoms with Crippen molar-refractivity contribution in [1.82, 2.24) is 19.8 Å².